The Bertz CT molecular complexity index is 860. The van der Waals surface area contributed by atoms with Gasteiger partial charge in [0.2, 0.25) is 0 Å². The molecule has 0 unspecified atom stereocenters. The van der Waals surface area contributed by atoms with Crippen molar-refractivity contribution in [1.82, 2.24) is 4.90 Å². The maximum absolute atomic E-state index is 13.9. The molecule has 2 aromatic carbocycles. The lowest BCUT2D eigenvalue weighted by Gasteiger charge is -2.17. The van der Waals surface area contributed by atoms with E-state index in [1.54, 1.807) is 0 Å². The number of hydrogen-bond donors (Lipinski definition) is 1. The minimum absolute atomic E-state index is 0.144. The molecule has 0 radical (unpaired) electrons. The zero-order chi connectivity index (χ0) is 21.4. The number of benzene rings is 2. The van der Waals surface area contributed by atoms with Gasteiger partial charge in [-0.25, -0.2) is 13.6 Å². The van der Waals surface area contributed by atoms with Gasteiger partial charge in [0.25, 0.3) is 0 Å². The molecule has 29 heavy (non-hydrogen) atoms. The molecule has 2 aromatic rings. The zero-order valence-corrected chi connectivity index (χ0v) is 17.7. The third-order valence-corrected chi connectivity index (χ3v) is 4.73. The summed E-state index contributed by atoms with van der Waals surface area (Å²) in [6.07, 6.45) is 5.32. The Labute approximate surface area is 172 Å². The van der Waals surface area contributed by atoms with Crippen molar-refractivity contribution in [3.05, 3.63) is 70.8 Å². The average molecular weight is 401 g/mol. The summed E-state index contributed by atoms with van der Waals surface area (Å²) in [7, 11) is 0. The van der Waals surface area contributed by atoms with E-state index in [1.165, 1.54) is 16.5 Å². The van der Waals surface area contributed by atoms with Crippen LogP contribution in [0, 0.1) is 11.6 Å². The number of hydrogen-bond acceptors (Lipinski definition) is 1. The molecule has 0 aromatic heterocycles. The van der Waals surface area contributed by atoms with Crippen LogP contribution in [-0.2, 0) is 13.1 Å². The van der Waals surface area contributed by atoms with Gasteiger partial charge in [-0.15, -0.1) is 0 Å². The molecule has 0 fully saturated rings. The monoisotopic (exact) mass is 400 g/mol. The standard InChI is InChI=1S/C22H24F2N2O.C2H6/c1-3-5-15(6-4-2)16-7-9-19(10-8-16)25-22(27)26-13-17-11-18(23)12-21(24)20(17)14-26;1-2/h5,7-12H,3-4,6,13-14H2,1-2H3,(H,25,27);1-2H3/b15-5+;. The van der Waals surface area contributed by atoms with Gasteiger partial charge in [0, 0.05) is 23.9 Å². The molecule has 3 rings (SSSR count). The third kappa shape index (κ3) is 5.66. The lowest BCUT2D eigenvalue weighted by atomic mass is 10.00. The predicted octanol–water partition coefficient (Wildman–Crippen LogP) is 7.13. The van der Waals surface area contributed by atoms with Crippen molar-refractivity contribution in [2.45, 2.75) is 60.0 Å². The van der Waals surface area contributed by atoms with E-state index >= 15 is 0 Å². The molecule has 1 aliphatic rings. The highest BCUT2D eigenvalue weighted by molar-refractivity contribution is 5.90. The molecule has 3 nitrogen and oxygen atoms in total. The first-order valence-corrected chi connectivity index (χ1v) is 10.3. The van der Waals surface area contributed by atoms with Gasteiger partial charge < -0.3 is 10.2 Å². The maximum Gasteiger partial charge on any atom is 0.322 e. The fourth-order valence-corrected chi connectivity index (χ4v) is 3.42. The Morgan fingerprint density at radius 3 is 2.41 bits per heavy atom. The van der Waals surface area contributed by atoms with Gasteiger partial charge in [-0.2, -0.15) is 0 Å². The van der Waals surface area contributed by atoms with Crippen LogP contribution in [-0.4, -0.2) is 10.9 Å². The van der Waals surface area contributed by atoms with Crippen molar-refractivity contribution in [3.63, 3.8) is 0 Å². The first-order valence-electron chi connectivity index (χ1n) is 10.3. The second kappa shape index (κ2) is 10.7. The van der Waals surface area contributed by atoms with E-state index in [0.717, 1.165) is 30.9 Å². The Hall–Kier alpha value is -2.69. The summed E-state index contributed by atoms with van der Waals surface area (Å²) in [5.41, 5.74) is 4.05. The molecule has 2 amide bonds. The number of nitrogens with zero attached hydrogens (tertiary/aromatic N) is 1. The van der Waals surface area contributed by atoms with E-state index in [0.29, 0.717) is 16.8 Å². The molecular formula is C24H30F2N2O. The number of nitrogens with one attached hydrogen (secondary N) is 1. The molecule has 1 heterocycles. The van der Waals surface area contributed by atoms with Crippen molar-refractivity contribution >= 4 is 17.3 Å². The zero-order valence-electron chi connectivity index (χ0n) is 17.7. The lowest BCUT2D eigenvalue weighted by Crippen LogP contribution is -2.30. The predicted molar refractivity (Wildman–Crippen MR) is 116 cm³/mol. The molecule has 0 saturated heterocycles. The summed E-state index contributed by atoms with van der Waals surface area (Å²) >= 11 is 0. The Balaban J connectivity index is 0.00000145. The summed E-state index contributed by atoms with van der Waals surface area (Å²) in [5.74, 6) is -1.22. The van der Waals surface area contributed by atoms with Crippen molar-refractivity contribution < 1.29 is 13.6 Å². The third-order valence-electron chi connectivity index (χ3n) is 4.73. The number of fused-ring (bicyclic) bond motifs is 1. The van der Waals surface area contributed by atoms with Gasteiger partial charge in [-0.05, 0) is 47.7 Å². The van der Waals surface area contributed by atoms with Crippen LogP contribution < -0.4 is 5.32 Å². The van der Waals surface area contributed by atoms with Crippen LogP contribution in [0.2, 0.25) is 0 Å². The minimum atomic E-state index is -0.618. The van der Waals surface area contributed by atoms with E-state index in [2.05, 4.69) is 25.2 Å². The first-order chi connectivity index (χ1) is 14.0. The Kier molecular flexibility index (Phi) is 8.37. The Morgan fingerprint density at radius 1 is 1.10 bits per heavy atom. The molecule has 1 aliphatic heterocycles. The van der Waals surface area contributed by atoms with Gasteiger partial charge in [0.1, 0.15) is 11.6 Å². The van der Waals surface area contributed by atoms with Crippen LogP contribution in [0.3, 0.4) is 0 Å². The number of amides is 2. The summed E-state index contributed by atoms with van der Waals surface area (Å²) in [6, 6.07) is 9.57. The number of halogens is 2. The van der Waals surface area contributed by atoms with E-state index < -0.39 is 11.6 Å². The number of urea groups is 1. The van der Waals surface area contributed by atoms with Crippen molar-refractivity contribution in [1.29, 1.82) is 0 Å². The second-order valence-corrected chi connectivity index (χ2v) is 6.78. The normalized spacial score (nSPS) is 12.9. The van der Waals surface area contributed by atoms with Crippen LogP contribution in [0.1, 0.15) is 63.6 Å². The Morgan fingerprint density at radius 2 is 1.79 bits per heavy atom. The summed E-state index contributed by atoms with van der Waals surface area (Å²) in [6.45, 7) is 8.62. The molecule has 1 N–H and O–H groups in total. The quantitative estimate of drug-likeness (QED) is 0.569. The topological polar surface area (TPSA) is 32.3 Å². The van der Waals surface area contributed by atoms with Crippen LogP contribution in [0.4, 0.5) is 19.3 Å². The van der Waals surface area contributed by atoms with Crippen LogP contribution in [0.5, 0.6) is 0 Å². The summed E-state index contributed by atoms with van der Waals surface area (Å²) < 4.78 is 27.2. The van der Waals surface area contributed by atoms with Crippen molar-refractivity contribution in [3.8, 4) is 0 Å². The van der Waals surface area contributed by atoms with Crippen LogP contribution in [0.25, 0.3) is 5.57 Å². The van der Waals surface area contributed by atoms with Gasteiger partial charge in [-0.3, -0.25) is 0 Å². The summed E-state index contributed by atoms with van der Waals surface area (Å²) in [4.78, 5) is 14.0. The molecule has 0 bridgehead atoms. The fourth-order valence-electron chi connectivity index (χ4n) is 3.42. The van der Waals surface area contributed by atoms with E-state index in [1.807, 2.05) is 38.1 Å². The molecule has 0 saturated carbocycles. The SMILES string of the molecule is CC.CC/C=C(\CCC)c1ccc(NC(=O)N2Cc3cc(F)cc(F)c3C2)cc1. The smallest absolute Gasteiger partial charge is 0.316 e. The highest BCUT2D eigenvalue weighted by Gasteiger charge is 2.26. The number of rotatable bonds is 5. The molecule has 0 aliphatic carbocycles. The number of anilines is 1. The molecule has 0 spiro atoms. The number of carbonyl (C=O) groups is 1. The highest BCUT2D eigenvalue weighted by Crippen LogP contribution is 2.27. The van der Waals surface area contributed by atoms with Crippen molar-refractivity contribution in [2.75, 3.05) is 5.32 Å². The number of allylic oxidation sites excluding steroid dienone is 2. The first kappa shape index (κ1) is 22.6. The fraction of sp³-hybridized carbons (Fsp3) is 0.375. The van der Waals surface area contributed by atoms with Gasteiger partial charge in [0.05, 0.1) is 6.54 Å². The molecule has 0 atom stereocenters. The van der Waals surface area contributed by atoms with Gasteiger partial charge in [0.15, 0.2) is 0 Å². The van der Waals surface area contributed by atoms with Crippen LogP contribution in [0.15, 0.2) is 42.5 Å². The lowest BCUT2D eigenvalue weighted by molar-refractivity contribution is 0.212. The summed E-state index contributed by atoms with van der Waals surface area (Å²) in [5, 5.41) is 2.83. The van der Waals surface area contributed by atoms with Gasteiger partial charge in [-0.1, -0.05) is 52.3 Å². The van der Waals surface area contributed by atoms with Crippen molar-refractivity contribution in [2.24, 2.45) is 0 Å². The maximum atomic E-state index is 13.9. The molecule has 5 heteroatoms. The van der Waals surface area contributed by atoms with E-state index in [-0.39, 0.29) is 19.1 Å². The highest BCUT2D eigenvalue weighted by atomic mass is 19.1. The van der Waals surface area contributed by atoms with E-state index in [9.17, 15) is 13.6 Å². The largest absolute Gasteiger partial charge is 0.322 e. The average Bonchev–Trinajstić information content (AvgIpc) is 3.15. The van der Waals surface area contributed by atoms with Gasteiger partial charge >= 0.3 is 6.03 Å². The molecular weight excluding hydrogens is 370 g/mol. The minimum Gasteiger partial charge on any atom is -0.316 e. The number of carbonyl (C=O) groups excluding carboxylic acids is 1. The molecule has 156 valence electrons. The van der Waals surface area contributed by atoms with E-state index in [4.69, 9.17) is 0 Å². The second-order valence-electron chi connectivity index (χ2n) is 6.78. The van der Waals surface area contributed by atoms with Crippen LogP contribution >= 0.6 is 0 Å².